The van der Waals surface area contributed by atoms with Crippen LogP contribution in [0.5, 0.6) is 5.88 Å². The summed E-state index contributed by atoms with van der Waals surface area (Å²) in [4.78, 5) is 4.16. The van der Waals surface area contributed by atoms with Crippen LogP contribution in [0.25, 0.3) is 0 Å². The summed E-state index contributed by atoms with van der Waals surface area (Å²) in [6.07, 6.45) is 1.75. The van der Waals surface area contributed by atoms with E-state index in [4.69, 9.17) is 9.47 Å². The third-order valence-electron chi connectivity index (χ3n) is 1.92. The van der Waals surface area contributed by atoms with Gasteiger partial charge in [0.15, 0.2) is 0 Å². The Morgan fingerprint density at radius 2 is 2.27 bits per heavy atom. The maximum atomic E-state index is 5.65. The van der Waals surface area contributed by atoms with Crippen molar-refractivity contribution < 1.29 is 9.47 Å². The highest BCUT2D eigenvalue weighted by atomic mass is 79.9. The van der Waals surface area contributed by atoms with E-state index in [1.54, 1.807) is 6.20 Å². The van der Waals surface area contributed by atoms with Crippen LogP contribution >= 0.6 is 15.9 Å². The second-order valence-corrected chi connectivity index (χ2v) is 4.13. The van der Waals surface area contributed by atoms with Crippen molar-refractivity contribution >= 4 is 15.9 Å². The number of halogens is 1. The van der Waals surface area contributed by atoms with Gasteiger partial charge < -0.3 is 9.47 Å². The van der Waals surface area contributed by atoms with Gasteiger partial charge in [-0.05, 0) is 48.3 Å². The molecule has 3 nitrogen and oxygen atoms in total. The minimum Gasteiger partial charge on any atom is -0.471 e. The highest BCUT2D eigenvalue weighted by molar-refractivity contribution is 9.10. The molecule has 4 heteroatoms. The van der Waals surface area contributed by atoms with E-state index in [2.05, 4.69) is 20.9 Å². The monoisotopic (exact) mass is 273 g/mol. The molecular formula is C11H16BrNO2. The first-order chi connectivity index (χ1) is 7.15. The largest absolute Gasteiger partial charge is 0.471 e. The van der Waals surface area contributed by atoms with Gasteiger partial charge in [0, 0.05) is 12.8 Å². The first-order valence-electron chi connectivity index (χ1n) is 5.00. The Morgan fingerprint density at radius 1 is 1.53 bits per heavy atom. The van der Waals surface area contributed by atoms with E-state index in [1.807, 2.05) is 26.8 Å². The van der Waals surface area contributed by atoms with Crippen LogP contribution in [0.3, 0.4) is 0 Å². The molecule has 0 aromatic carbocycles. The van der Waals surface area contributed by atoms with Gasteiger partial charge in [-0.2, -0.15) is 0 Å². The molecular weight excluding hydrogens is 258 g/mol. The Labute approximate surface area is 98.9 Å². The summed E-state index contributed by atoms with van der Waals surface area (Å²) in [5.74, 6) is 0.627. The van der Waals surface area contributed by atoms with Gasteiger partial charge in [0.2, 0.25) is 5.88 Å². The van der Waals surface area contributed by atoms with Gasteiger partial charge in [-0.1, -0.05) is 0 Å². The summed E-state index contributed by atoms with van der Waals surface area (Å²) in [7, 11) is 0. The van der Waals surface area contributed by atoms with Crippen LogP contribution in [0.1, 0.15) is 19.4 Å². The second kappa shape index (κ2) is 6.08. The molecule has 1 aromatic heterocycles. The fraction of sp³-hybridized carbons (Fsp3) is 0.545. The number of pyridine rings is 1. The molecule has 0 bridgehead atoms. The quantitative estimate of drug-likeness (QED) is 0.827. The zero-order valence-electron chi connectivity index (χ0n) is 9.29. The number of hydrogen-bond acceptors (Lipinski definition) is 3. The molecule has 0 aliphatic carbocycles. The zero-order valence-corrected chi connectivity index (χ0v) is 10.9. The predicted molar refractivity (Wildman–Crippen MR) is 63.3 cm³/mol. The summed E-state index contributed by atoms with van der Waals surface area (Å²) < 4.78 is 11.8. The molecule has 0 amide bonds. The summed E-state index contributed by atoms with van der Waals surface area (Å²) in [5.41, 5.74) is 1.11. The van der Waals surface area contributed by atoms with Gasteiger partial charge in [0.1, 0.15) is 6.10 Å². The van der Waals surface area contributed by atoms with Crippen LogP contribution in [0.4, 0.5) is 0 Å². The minimum absolute atomic E-state index is 0.00977. The molecule has 0 N–H and O–H groups in total. The lowest BCUT2D eigenvalue weighted by molar-refractivity contribution is 0.0629. The van der Waals surface area contributed by atoms with E-state index in [9.17, 15) is 0 Å². The Morgan fingerprint density at radius 3 is 2.93 bits per heavy atom. The molecule has 1 atom stereocenters. The first kappa shape index (κ1) is 12.5. The molecule has 84 valence electrons. The van der Waals surface area contributed by atoms with Crippen LogP contribution in [-0.4, -0.2) is 24.3 Å². The molecule has 1 heterocycles. The van der Waals surface area contributed by atoms with E-state index in [0.29, 0.717) is 19.1 Å². The Balaban J connectivity index is 2.60. The smallest absolute Gasteiger partial charge is 0.228 e. The summed E-state index contributed by atoms with van der Waals surface area (Å²) in [6.45, 7) is 7.22. The number of hydrogen-bond donors (Lipinski definition) is 0. The van der Waals surface area contributed by atoms with Gasteiger partial charge in [-0.25, -0.2) is 4.98 Å². The average molecular weight is 274 g/mol. The number of aryl methyl sites for hydroxylation is 1. The number of nitrogens with zero attached hydrogens (tertiary/aromatic N) is 1. The van der Waals surface area contributed by atoms with Crippen molar-refractivity contribution in [1.82, 2.24) is 4.98 Å². The highest BCUT2D eigenvalue weighted by Gasteiger charge is 2.09. The van der Waals surface area contributed by atoms with Crippen molar-refractivity contribution in [2.45, 2.75) is 26.9 Å². The van der Waals surface area contributed by atoms with E-state index >= 15 is 0 Å². The van der Waals surface area contributed by atoms with Crippen molar-refractivity contribution in [3.63, 3.8) is 0 Å². The molecule has 0 saturated carbocycles. The standard InChI is InChI=1S/C11H16BrNO2/c1-4-14-7-9(3)15-11-10(12)8(2)5-6-13-11/h5-6,9H,4,7H2,1-3H3. The maximum absolute atomic E-state index is 5.65. The predicted octanol–water partition coefficient (Wildman–Crippen LogP) is 2.96. The zero-order chi connectivity index (χ0) is 11.3. The molecule has 0 aliphatic heterocycles. The molecule has 0 fully saturated rings. The molecule has 15 heavy (non-hydrogen) atoms. The molecule has 1 rings (SSSR count). The summed E-state index contributed by atoms with van der Waals surface area (Å²) in [5, 5.41) is 0. The van der Waals surface area contributed by atoms with Crippen molar-refractivity contribution in [3.05, 3.63) is 22.3 Å². The summed E-state index contributed by atoms with van der Waals surface area (Å²) >= 11 is 3.45. The van der Waals surface area contributed by atoms with E-state index < -0.39 is 0 Å². The van der Waals surface area contributed by atoms with E-state index in [-0.39, 0.29) is 6.10 Å². The summed E-state index contributed by atoms with van der Waals surface area (Å²) in [6, 6.07) is 1.93. The topological polar surface area (TPSA) is 31.4 Å². The van der Waals surface area contributed by atoms with Gasteiger partial charge in [0.25, 0.3) is 0 Å². The van der Waals surface area contributed by atoms with Gasteiger partial charge in [-0.3, -0.25) is 0 Å². The lowest BCUT2D eigenvalue weighted by Crippen LogP contribution is -2.19. The van der Waals surface area contributed by atoms with Gasteiger partial charge in [-0.15, -0.1) is 0 Å². The Bertz CT molecular complexity index is 317. The van der Waals surface area contributed by atoms with Gasteiger partial charge >= 0.3 is 0 Å². The SMILES string of the molecule is CCOCC(C)Oc1nccc(C)c1Br. The maximum Gasteiger partial charge on any atom is 0.228 e. The van der Waals surface area contributed by atoms with Crippen LogP contribution in [0.2, 0.25) is 0 Å². The fourth-order valence-electron chi connectivity index (χ4n) is 1.11. The van der Waals surface area contributed by atoms with Crippen molar-refractivity contribution in [2.75, 3.05) is 13.2 Å². The second-order valence-electron chi connectivity index (χ2n) is 3.33. The van der Waals surface area contributed by atoms with Crippen molar-refractivity contribution in [1.29, 1.82) is 0 Å². The number of ether oxygens (including phenoxy) is 2. The number of aromatic nitrogens is 1. The molecule has 0 saturated heterocycles. The van der Waals surface area contributed by atoms with Crippen LogP contribution in [0, 0.1) is 6.92 Å². The normalized spacial score (nSPS) is 12.5. The van der Waals surface area contributed by atoms with E-state index in [1.165, 1.54) is 0 Å². The van der Waals surface area contributed by atoms with Crippen LogP contribution in [0.15, 0.2) is 16.7 Å². The minimum atomic E-state index is 0.00977. The average Bonchev–Trinajstić information content (AvgIpc) is 2.22. The molecule has 0 aliphatic rings. The Hall–Kier alpha value is -0.610. The lowest BCUT2D eigenvalue weighted by atomic mass is 10.3. The molecule has 0 radical (unpaired) electrons. The molecule has 0 spiro atoms. The first-order valence-corrected chi connectivity index (χ1v) is 5.80. The van der Waals surface area contributed by atoms with Gasteiger partial charge in [0.05, 0.1) is 11.1 Å². The third kappa shape index (κ3) is 3.80. The fourth-order valence-corrected chi connectivity index (χ4v) is 1.43. The van der Waals surface area contributed by atoms with Crippen molar-refractivity contribution in [3.8, 4) is 5.88 Å². The highest BCUT2D eigenvalue weighted by Crippen LogP contribution is 2.26. The molecule has 1 aromatic rings. The van der Waals surface area contributed by atoms with Crippen LogP contribution in [-0.2, 0) is 4.74 Å². The lowest BCUT2D eigenvalue weighted by Gasteiger charge is -2.15. The van der Waals surface area contributed by atoms with Crippen LogP contribution < -0.4 is 4.74 Å². The van der Waals surface area contributed by atoms with E-state index in [0.717, 1.165) is 10.0 Å². The third-order valence-corrected chi connectivity index (χ3v) is 2.88. The molecule has 1 unspecified atom stereocenters. The Kier molecular flexibility index (Phi) is 5.05. The van der Waals surface area contributed by atoms with Crippen molar-refractivity contribution in [2.24, 2.45) is 0 Å². The number of rotatable bonds is 5.